The van der Waals surface area contributed by atoms with Gasteiger partial charge >= 0.3 is 6.03 Å². The molecule has 1 aromatic rings. The average molecular weight is 251 g/mol. The van der Waals surface area contributed by atoms with Crippen LogP contribution >= 0.6 is 12.2 Å². The second-order valence-corrected chi connectivity index (χ2v) is 4.72. The highest BCUT2D eigenvalue weighted by Crippen LogP contribution is 2.02. The van der Waals surface area contributed by atoms with Crippen LogP contribution in [0.1, 0.15) is 19.4 Å². The highest BCUT2D eigenvalue weighted by Gasteiger charge is 2.23. The second kappa shape index (κ2) is 5.63. The zero-order valence-electron chi connectivity index (χ0n) is 9.99. The van der Waals surface area contributed by atoms with Crippen LogP contribution in [0.3, 0.4) is 0 Å². The number of carbonyl (C=O) groups excluding carboxylic acids is 1. The monoisotopic (exact) mass is 251 g/mol. The number of nitrogens with two attached hydrogens (primary N) is 1. The zero-order chi connectivity index (χ0) is 12.9. The van der Waals surface area contributed by atoms with E-state index in [0.717, 1.165) is 5.56 Å². The molecule has 17 heavy (non-hydrogen) atoms. The number of hydrogen-bond donors (Lipinski definition) is 3. The highest BCUT2D eigenvalue weighted by atomic mass is 32.1. The molecule has 0 atom stereocenters. The molecule has 0 spiro atoms. The van der Waals surface area contributed by atoms with Crippen LogP contribution < -0.4 is 16.4 Å². The number of benzene rings is 1. The third kappa shape index (κ3) is 4.40. The molecule has 5 heteroatoms. The summed E-state index contributed by atoms with van der Waals surface area (Å²) in [5.41, 5.74) is 5.87. The van der Waals surface area contributed by atoms with Gasteiger partial charge in [0.25, 0.3) is 0 Å². The van der Waals surface area contributed by atoms with E-state index < -0.39 is 5.54 Å². The summed E-state index contributed by atoms with van der Waals surface area (Å²) in [7, 11) is 0. The normalized spacial score (nSPS) is 10.7. The summed E-state index contributed by atoms with van der Waals surface area (Å²) in [6, 6.07) is 9.38. The molecule has 2 amide bonds. The van der Waals surface area contributed by atoms with E-state index in [0.29, 0.717) is 6.54 Å². The van der Waals surface area contributed by atoms with Gasteiger partial charge in [0, 0.05) is 6.54 Å². The van der Waals surface area contributed by atoms with Crippen LogP contribution in [0.15, 0.2) is 30.3 Å². The van der Waals surface area contributed by atoms with E-state index in [1.54, 1.807) is 13.8 Å². The lowest BCUT2D eigenvalue weighted by molar-refractivity contribution is 0.235. The molecule has 0 unspecified atom stereocenters. The topological polar surface area (TPSA) is 67.2 Å². The van der Waals surface area contributed by atoms with Gasteiger partial charge in [0.1, 0.15) is 0 Å². The van der Waals surface area contributed by atoms with Crippen LogP contribution in [0.4, 0.5) is 4.79 Å². The van der Waals surface area contributed by atoms with Crippen LogP contribution in [-0.4, -0.2) is 16.6 Å². The van der Waals surface area contributed by atoms with Gasteiger partial charge in [-0.25, -0.2) is 4.79 Å². The Morgan fingerprint density at radius 1 is 1.35 bits per heavy atom. The van der Waals surface area contributed by atoms with E-state index in [-0.39, 0.29) is 11.0 Å². The Morgan fingerprint density at radius 2 is 1.94 bits per heavy atom. The number of urea groups is 1. The fourth-order valence-corrected chi connectivity index (χ4v) is 1.22. The van der Waals surface area contributed by atoms with Gasteiger partial charge in [0.15, 0.2) is 0 Å². The van der Waals surface area contributed by atoms with Crippen molar-refractivity contribution in [2.75, 3.05) is 0 Å². The lowest BCUT2D eigenvalue weighted by Gasteiger charge is -2.24. The molecule has 0 bridgehead atoms. The lowest BCUT2D eigenvalue weighted by atomic mass is 10.1. The molecule has 0 aliphatic rings. The summed E-state index contributed by atoms with van der Waals surface area (Å²) in [6.07, 6.45) is 0. The van der Waals surface area contributed by atoms with E-state index in [1.165, 1.54) is 0 Å². The number of amides is 2. The van der Waals surface area contributed by atoms with E-state index >= 15 is 0 Å². The lowest BCUT2D eigenvalue weighted by Crippen LogP contribution is -2.54. The highest BCUT2D eigenvalue weighted by molar-refractivity contribution is 7.80. The average Bonchev–Trinajstić information content (AvgIpc) is 2.27. The van der Waals surface area contributed by atoms with Gasteiger partial charge in [-0.05, 0) is 19.4 Å². The first-order valence-electron chi connectivity index (χ1n) is 5.31. The fraction of sp³-hybridized carbons (Fsp3) is 0.333. The third-order valence-electron chi connectivity index (χ3n) is 2.34. The molecule has 0 aliphatic carbocycles. The molecule has 4 N–H and O–H groups in total. The van der Waals surface area contributed by atoms with E-state index in [2.05, 4.69) is 10.6 Å². The molecular formula is C12H17N3OS. The first-order chi connectivity index (χ1) is 7.92. The molecule has 0 heterocycles. The van der Waals surface area contributed by atoms with Crippen molar-refractivity contribution in [3.8, 4) is 0 Å². The molecule has 1 rings (SSSR count). The summed E-state index contributed by atoms with van der Waals surface area (Å²) < 4.78 is 0. The van der Waals surface area contributed by atoms with Crippen molar-refractivity contribution in [3.63, 3.8) is 0 Å². The SMILES string of the molecule is CC(C)(NC(=O)NCc1ccccc1)C(N)=S. The first-order valence-corrected chi connectivity index (χ1v) is 5.72. The van der Waals surface area contributed by atoms with Crippen molar-refractivity contribution >= 4 is 23.2 Å². The second-order valence-electron chi connectivity index (χ2n) is 4.28. The minimum atomic E-state index is -0.684. The van der Waals surface area contributed by atoms with Gasteiger partial charge in [0.2, 0.25) is 0 Å². The molecule has 0 radical (unpaired) electrons. The molecule has 4 nitrogen and oxygen atoms in total. The summed E-state index contributed by atoms with van der Waals surface area (Å²) in [6.45, 7) is 3.99. The third-order valence-corrected chi connectivity index (χ3v) is 2.85. The Kier molecular flexibility index (Phi) is 4.45. The molecule has 0 fully saturated rings. The first kappa shape index (κ1) is 13.4. The zero-order valence-corrected chi connectivity index (χ0v) is 10.8. The molecular weight excluding hydrogens is 234 g/mol. The summed E-state index contributed by atoms with van der Waals surface area (Å²) in [5.74, 6) is 0. The molecule has 0 saturated heterocycles. The Labute approximate surface area is 107 Å². The van der Waals surface area contributed by atoms with Gasteiger partial charge in [-0.2, -0.15) is 0 Å². The molecule has 92 valence electrons. The number of carbonyl (C=O) groups is 1. The smallest absolute Gasteiger partial charge is 0.315 e. The number of thiocarbonyl (C=S) groups is 1. The minimum absolute atomic E-state index is 0.257. The van der Waals surface area contributed by atoms with Crippen LogP contribution in [0.2, 0.25) is 0 Å². The van der Waals surface area contributed by atoms with Gasteiger partial charge in [-0.15, -0.1) is 0 Å². The molecule has 0 aromatic heterocycles. The van der Waals surface area contributed by atoms with Gasteiger partial charge < -0.3 is 16.4 Å². The van der Waals surface area contributed by atoms with Crippen molar-refractivity contribution in [3.05, 3.63) is 35.9 Å². The minimum Gasteiger partial charge on any atom is -0.391 e. The Balaban J connectivity index is 2.44. The maximum absolute atomic E-state index is 11.6. The maximum atomic E-state index is 11.6. The van der Waals surface area contributed by atoms with Crippen molar-refractivity contribution in [2.24, 2.45) is 5.73 Å². The largest absolute Gasteiger partial charge is 0.391 e. The Hall–Kier alpha value is -1.62. The summed E-state index contributed by atoms with van der Waals surface area (Å²) in [5, 5.41) is 5.45. The standard InChI is InChI=1S/C12H17N3OS/c1-12(2,10(13)17)15-11(16)14-8-9-6-4-3-5-7-9/h3-7H,8H2,1-2H3,(H2,13,17)(H2,14,15,16). The molecule has 0 saturated carbocycles. The van der Waals surface area contributed by atoms with E-state index in [1.807, 2.05) is 30.3 Å². The van der Waals surface area contributed by atoms with Gasteiger partial charge in [-0.3, -0.25) is 0 Å². The fourth-order valence-electron chi connectivity index (χ4n) is 1.17. The quantitative estimate of drug-likeness (QED) is 0.711. The van der Waals surface area contributed by atoms with E-state index in [9.17, 15) is 4.79 Å². The van der Waals surface area contributed by atoms with Crippen molar-refractivity contribution in [1.29, 1.82) is 0 Å². The Bertz CT molecular complexity index is 403. The van der Waals surface area contributed by atoms with Crippen LogP contribution in [0.5, 0.6) is 0 Å². The summed E-state index contributed by atoms with van der Waals surface area (Å²) >= 11 is 4.86. The van der Waals surface area contributed by atoms with Gasteiger partial charge in [-0.1, -0.05) is 42.5 Å². The number of nitrogens with one attached hydrogen (secondary N) is 2. The van der Waals surface area contributed by atoms with Crippen LogP contribution in [-0.2, 0) is 6.54 Å². The number of hydrogen-bond acceptors (Lipinski definition) is 2. The molecule has 1 aromatic carbocycles. The van der Waals surface area contributed by atoms with Crippen LogP contribution in [0.25, 0.3) is 0 Å². The predicted molar refractivity (Wildman–Crippen MR) is 72.7 cm³/mol. The van der Waals surface area contributed by atoms with Crippen molar-refractivity contribution in [1.82, 2.24) is 10.6 Å². The Morgan fingerprint density at radius 3 is 2.47 bits per heavy atom. The van der Waals surface area contributed by atoms with Crippen molar-refractivity contribution < 1.29 is 4.79 Å². The van der Waals surface area contributed by atoms with Crippen molar-refractivity contribution in [2.45, 2.75) is 25.9 Å². The summed E-state index contributed by atoms with van der Waals surface area (Å²) in [4.78, 5) is 11.9. The number of rotatable bonds is 4. The molecule has 0 aliphatic heterocycles. The van der Waals surface area contributed by atoms with Crippen LogP contribution in [0, 0.1) is 0 Å². The van der Waals surface area contributed by atoms with Gasteiger partial charge in [0.05, 0.1) is 10.5 Å². The maximum Gasteiger partial charge on any atom is 0.315 e. The predicted octanol–water partition coefficient (Wildman–Crippen LogP) is 1.55. The van der Waals surface area contributed by atoms with E-state index in [4.69, 9.17) is 18.0 Å².